The van der Waals surface area contributed by atoms with Gasteiger partial charge in [-0.25, -0.2) is 0 Å². The molecule has 0 saturated heterocycles. The minimum Gasteiger partial charge on any atom is -0.395 e. The van der Waals surface area contributed by atoms with Crippen molar-refractivity contribution in [3.8, 4) is 11.8 Å². The first-order valence-electron chi connectivity index (χ1n) is 6.71. The molecule has 21 heavy (non-hydrogen) atoms. The van der Waals surface area contributed by atoms with Crippen LogP contribution in [0.15, 0.2) is 42.7 Å². The molecule has 2 rings (SSSR count). The van der Waals surface area contributed by atoms with Crippen molar-refractivity contribution in [1.82, 2.24) is 15.1 Å². The highest BCUT2D eigenvalue weighted by atomic mass is 16.2. The number of aromatic nitrogens is 2. The molecule has 0 radical (unpaired) electrons. The van der Waals surface area contributed by atoms with E-state index in [1.807, 2.05) is 24.3 Å². The molecule has 2 N–H and O–H groups in total. The maximum Gasteiger partial charge on any atom is 0.241 e. The fourth-order valence-corrected chi connectivity index (χ4v) is 1.80. The first-order valence-corrected chi connectivity index (χ1v) is 6.71. The summed E-state index contributed by atoms with van der Waals surface area (Å²) in [5, 5.41) is 15.6. The van der Waals surface area contributed by atoms with Crippen molar-refractivity contribution in [2.45, 2.75) is 19.5 Å². The molecule has 0 spiro atoms. The number of hydrogen-bond acceptors (Lipinski definition) is 3. The highest BCUT2D eigenvalue weighted by Crippen LogP contribution is 2.07. The second kappa shape index (κ2) is 7.88. The predicted octanol–water partition coefficient (Wildman–Crippen LogP) is 0.933. The number of nitrogens with zero attached hydrogens (tertiary/aromatic N) is 2. The number of amides is 1. The van der Waals surface area contributed by atoms with Gasteiger partial charge in [0.1, 0.15) is 6.54 Å². The Labute approximate surface area is 123 Å². The number of carbonyl (C=O) groups is 1. The minimum absolute atomic E-state index is 0.0514. The van der Waals surface area contributed by atoms with Gasteiger partial charge in [0.25, 0.3) is 0 Å². The molecule has 0 fully saturated rings. The van der Waals surface area contributed by atoms with Crippen LogP contribution in [0.1, 0.15) is 17.5 Å². The molecule has 5 heteroatoms. The van der Waals surface area contributed by atoms with Crippen LogP contribution in [0.3, 0.4) is 0 Å². The van der Waals surface area contributed by atoms with Crippen molar-refractivity contribution in [1.29, 1.82) is 0 Å². The Morgan fingerprint density at radius 2 is 2.19 bits per heavy atom. The van der Waals surface area contributed by atoms with E-state index in [2.05, 4.69) is 22.3 Å². The van der Waals surface area contributed by atoms with E-state index in [1.165, 1.54) is 0 Å². The predicted molar refractivity (Wildman–Crippen MR) is 79.1 cm³/mol. The van der Waals surface area contributed by atoms with E-state index >= 15 is 0 Å². The zero-order valence-corrected chi connectivity index (χ0v) is 11.6. The molecule has 1 amide bonds. The molecule has 0 aliphatic carbocycles. The SMILES string of the molecule is O=C(Cn1cccn1)NCc1ccccc1C#CCCO. The van der Waals surface area contributed by atoms with Crippen molar-refractivity contribution in [2.75, 3.05) is 6.61 Å². The number of rotatable bonds is 5. The lowest BCUT2D eigenvalue weighted by molar-refractivity contribution is -0.122. The summed E-state index contributed by atoms with van der Waals surface area (Å²) in [5.74, 6) is 5.79. The van der Waals surface area contributed by atoms with Gasteiger partial charge >= 0.3 is 0 Å². The largest absolute Gasteiger partial charge is 0.395 e. The van der Waals surface area contributed by atoms with Crippen LogP contribution >= 0.6 is 0 Å². The third-order valence-corrected chi connectivity index (χ3v) is 2.82. The molecule has 1 aromatic carbocycles. The first-order chi connectivity index (χ1) is 10.3. The molecular formula is C16H17N3O2. The Hall–Kier alpha value is -2.58. The number of benzene rings is 1. The standard InChI is InChI=1S/C16H17N3O2/c20-11-4-3-7-14-6-1-2-8-15(14)12-17-16(21)13-19-10-5-9-18-19/h1-2,5-6,8-10,20H,4,11-13H2,(H,17,21). The lowest BCUT2D eigenvalue weighted by Gasteiger charge is -2.07. The third kappa shape index (κ3) is 4.79. The van der Waals surface area contributed by atoms with Crippen molar-refractivity contribution >= 4 is 5.91 Å². The highest BCUT2D eigenvalue weighted by molar-refractivity contribution is 5.75. The van der Waals surface area contributed by atoms with Gasteiger partial charge in [0.2, 0.25) is 5.91 Å². The van der Waals surface area contributed by atoms with Crippen LogP contribution in [0, 0.1) is 11.8 Å². The van der Waals surface area contributed by atoms with Gasteiger partial charge in [-0.2, -0.15) is 5.10 Å². The van der Waals surface area contributed by atoms with Crippen LogP contribution in [0.2, 0.25) is 0 Å². The molecule has 0 bridgehead atoms. The van der Waals surface area contributed by atoms with Crippen molar-refractivity contribution in [3.63, 3.8) is 0 Å². The quantitative estimate of drug-likeness (QED) is 0.802. The summed E-state index contributed by atoms with van der Waals surface area (Å²) in [4.78, 5) is 11.8. The van der Waals surface area contributed by atoms with Gasteiger partial charge in [-0.1, -0.05) is 30.0 Å². The van der Waals surface area contributed by atoms with Crippen LogP contribution in [0.5, 0.6) is 0 Å². The molecule has 0 atom stereocenters. The second-order valence-electron chi connectivity index (χ2n) is 4.41. The van der Waals surface area contributed by atoms with Crippen molar-refractivity contribution in [3.05, 3.63) is 53.9 Å². The topological polar surface area (TPSA) is 67.2 Å². The average Bonchev–Trinajstić information content (AvgIpc) is 2.99. The van der Waals surface area contributed by atoms with E-state index in [-0.39, 0.29) is 19.1 Å². The lowest BCUT2D eigenvalue weighted by atomic mass is 10.1. The fourth-order valence-electron chi connectivity index (χ4n) is 1.80. The number of aliphatic hydroxyl groups is 1. The molecule has 2 aromatic rings. The van der Waals surface area contributed by atoms with Gasteiger partial charge in [0, 0.05) is 30.9 Å². The molecule has 5 nitrogen and oxygen atoms in total. The van der Waals surface area contributed by atoms with Crippen LogP contribution < -0.4 is 5.32 Å². The summed E-state index contributed by atoms with van der Waals surface area (Å²) in [6, 6.07) is 9.42. The van der Waals surface area contributed by atoms with E-state index in [0.29, 0.717) is 13.0 Å². The zero-order valence-electron chi connectivity index (χ0n) is 11.6. The molecule has 0 unspecified atom stereocenters. The monoisotopic (exact) mass is 283 g/mol. The third-order valence-electron chi connectivity index (χ3n) is 2.82. The molecule has 0 aliphatic rings. The molecule has 1 heterocycles. The van der Waals surface area contributed by atoms with E-state index in [4.69, 9.17) is 5.11 Å². The Balaban J connectivity index is 1.94. The Morgan fingerprint density at radius 1 is 1.33 bits per heavy atom. The van der Waals surface area contributed by atoms with Crippen molar-refractivity contribution in [2.24, 2.45) is 0 Å². The molecule has 0 aliphatic heterocycles. The van der Waals surface area contributed by atoms with Gasteiger partial charge in [-0.15, -0.1) is 0 Å². The molecule has 1 aromatic heterocycles. The smallest absolute Gasteiger partial charge is 0.241 e. The van der Waals surface area contributed by atoms with E-state index < -0.39 is 0 Å². The lowest BCUT2D eigenvalue weighted by Crippen LogP contribution is -2.27. The van der Waals surface area contributed by atoms with Gasteiger partial charge in [0.15, 0.2) is 0 Å². The second-order valence-corrected chi connectivity index (χ2v) is 4.41. The van der Waals surface area contributed by atoms with Crippen LogP contribution in [0.4, 0.5) is 0 Å². The van der Waals surface area contributed by atoms with Gasteiger partial charge in [0.05, 0.1) is 6.61 Å². The fraction of sp³-hybridized carbons (Fsp3) is 0.250. The number of hydrogen-bond donors (Lipinski definition) is 2. The van der Waals surface area contributed by atoms with E-state index in [9.17, 15) is 4.79 Å². The number of carbonyl (C=O) groups excluding carboxylic acids is 1. The summed E-state index contributed by atoms with van der Waals surface area (Å²) in [5.41, 5.74) is 1.82. The first kappa shape index (κ1) is 14.8. The average molecular weight is 283 g/mol. The normalized spacial score (nSPS) is 9.76. The maximum atomic E-state index is 11.8. The Kier molecular flexibility index (Phi) is 5.56. The summed E-state index contributed by atoms with van der Waals surface area (Å²) < 4.78 is 1.57. The van der Waals surface area contributed by atoms with Crippen LogP contribution in [-0.4, -0.2) is 27.4 Å². The Bertz CT molecular complexity index is 639. The molecule has 108 valence electrons. The highest BCUT2D eigenvalue weighted by Gasteiger charge is 2.04. The van der Waals surface area contributed by atoms with E-state index in [0.717, 1.165) is 11.1 Å². The van der Waals surface area contributed by atoms with Crippen molar-refractivity contribution < 1.29 is 9.90 Å². The van der Waals surface area contributed by atoms with Gasteiger partial charge in [-0.05, 0) is 17.7 Å². The van der Waals surface area contributed by atoms with Gasteiger partial charge in [-0.3, -0.25) is 9.48 Å². The molecular weight excluding hydrogens is 266 g/mol. The number of nitrogens with one attached hydrogen (secondary N) is 1. The summed E-state index contributed by atoms with van der Waals surface area (Å²) >= 11 is 0. The summed E-state index contributed by atoms with van der Waals surface area (Å²) in [6.45, 7) is 0.672. The number of aliphatic hydroxyl groups excluding tert-OH is 1. The van der Waals surface area contributed by atoms with Crippen LogP contribution in [0.25, 0.3) is 0 Å². The summed E-state index contributed by atoms with van der Waals surface area (Å²) in [7, 11) is 0. The van der Waals surface area contributed by atoms with Crippen LogP contribution in [-0.2, 0) is 17.9 Å². The maximum absolute atomic E-state index is 11.8. The molecule has 0 saturated carbocycles. The van der Waals surface area contributed by atoms with E-state index in [1.54, 1.807) is 23.1 Å². The minimum atomic E-state index is -0.100. The Morgan fingerprint density at radius 3 is 2.95 bits per heavy atom. The van der Waals surface area contributed by atoms with Gasteiger partial charge < -0.3 is 10.4 Å². The zero-order chi connectivity index (χ0) is 14.9. The summed E-state index contributed by atoms with van der Waals surface area (Å²) in [6.07, 6.45) is 3.83.